The third-order valence-corrected chi connectivity index (χ3v) is 4.17. The Labute approximate surface area is 128 Å². The summed E-state index contributed by atoms with van der Waals surface area (Å²) in [5, 5.41) is 15.1. The van der Waals surface area contributed by atoms with Gasteiger partial charge in [0.25, 0.3) is 0 Å². The van der Waals surface area contributed by atoms with E-state index in [0.29, 0.717) is 5.56 Å². The van der Waals surface area contributed by atoms with Gasteiger partial charge in [0.15, 0.2) is 0 Å². The second-order valence-corrected chi connectivity index (χ2v) is 5.53. The summed E-state index contributed by atoms with van der Waals surface area (Å²) in [7, 11) is 0. The van der Waals surface area contributed by atoms with Gasteiger partial charge in [-0.15, -0.1) is 11.8 Å². The average Bonchev–Trinajstić information content (AvgIpc) is 2.54. The number of hydrogen-bond donors (Lipinski definition) is 1. The fourth-order valence-corrected chi connectivity index (χ4v) is 2.92. The molecule has 0 bridgehead atoms. The number of hydrogen-bond acceptors (Lipinski definition) is 3. The first kappa shape index (κ1) is 13.5. The fraction of sp³-hybridized carbons (Fsp3) is 0.0556. The number of nitriles is 1. The number of thioether (sulfide) groups is 1. The molecule has 0 spiro atoms. The van der Waals surface area contributed by atoms with Crippen LogP contribution in [-0.2, 0) is 0 Å². The van der Waals surface area contributed by atoms with E-state index in [2.05, 4.69) is 35.7 Å². The maximum absolute atomic E-state index is 9.38. The topological polar surface area (TPSA) is 35.8 Å². The molecule has 0 amide bonds. The number of benzene rings is 3. The predicted molar refractivity (Wildman–Crippen MR) is 90.2 cm³/mol. The molecule has 1 N–H and O–H groups in total. The monoisotopic (exact) mass is 290 g/mol. The van der Waals surface area contributed by atoms with Crippen LogP contribution in [0.5, 0.6) is 0 Å². The molecule has 0 radical (unpaired) electrons. The first-order valence-electron chi connectivity index (χ1n) is 6.65. The van der Waals surface area contributed by atoms with Gasteiger partial charge in [0.05, 0.1) is 11.3 Å². The van der Waals surface area contributed by atoms with Crippen LogP contribution in [0.1, 0.15) is 5.56 Å². The number of rotatable bonds is 3. The molecule has 0 heterocycles. The number of nitrogens with zero attached hydrogens (tertiary/aromatic N) is 1. The molecule has 0 unspecified atom stereocenters. The largest absolute Gasteiger partial charge is 0.354 e. The summed E-state index contributed by atoms with van der Waals surface area (Å²) in [5.74, 6) is 0. The van der Waals surface area contributed by atoms with E-state index in [0.717, 1.165) is 16.3 Å². The van der Waals surface area contributed by atoms with Crippen LogP contribution in [-0.4, -0.2) is 6.26 Å². The second kappa shape index (κ2) is 5.90. The van der Waals surface area contributed by atoms with Crippen LogP contribution in [0.25, 0.3) is 10.8 Å². The summed E-state index contributed by atoms with van der Waals surface area (Å²) in [6.45, 7) is 0. The van der Waals surface area contributed by atoms with E-state index in [1.807, 2.05) is 42.7 Å². The zero-order valence-corrected chi connectivity index (χ0v) is 12.4. The Morgan fingerprint density at radius 3 is 2.52 bits per heavy atom. The Morgan fingerprint density at radius 2 is 1.76 bits per heavy atom. The van der Waals surface area contributed by atoms with Crippen molar-refractivity contribution in [3.05, 3.63) is 66.2 Å². The normalized spacial score (nSPS) is 10.3. The van der Waals surface area contributed by atoms with Gasteiger partial charge in [-0.2, -0.15) is 5.26 Å². The molecule has 0 saturated heterocycles. The van der Waals surface area contributed by atoms with Gasteiger partial charge in [-0.1, -0.05) is 36.4 Å². The lowest BCUT2D eigenvalue weighted by atomic mass is 10.1. The number of nitrogens with one attached hydrogen (secondary N) is 1. The van der Waals surface area contributed by atoms with Crippen molar-refractivity contribution in [2.45, 2.75) is 4.90 Å². The molecular weight excluding hydrogens is 276 g/mol. The molecule has 2 nitrogen and oxygen atoms in total. The molecule has 0 atom stereocenters. The molecule has 3 heteroatoms. The maximum atomic E-state index is 9.38. The Morgan fingerprint density at radius 1 is 0.952 bits per heavy atom. The molecule has 102 valence electrons. The van der Waals surface area contributed by atoms with Crippen molar-refractivity contribution in [2.24, 2.45) is 0 Å². The lowest BCUT2D eigenvalue weighted by molar-refractivity contribution is 1.36. The zero-order chi connectivity index (χ0) is 14.7. The third kappa shape index (κ3) is 2.72. The van der Waals surface area contributed by atoms with Crippen LogP contribution in [0.4, 0.5) is 11.4 Å². The molecular formula is C18H14N2S. The van der Waals surface area contributed by atoms with E-state index < -0.39 is 0 Å². The van der Waals surface area contributed by atoms with E-state index in [1.54, 1.807) is 11.8 Å². The van der Waals surface area contributed by atoms with Crippen molar-refractivity contribution in [3.8, 4) is 6.07 Å². The minimum absolute atomic E-state index is 0.693. The fourth-order valence-electron chi connectivity index (χ4n) is 2.34. The van der Waals surface area contributed by atoms with E-state index in [4.69, 9.17) is 0 Å². The van der Waals surface area contributed by atoms with Gasteiger partial charge < -0.3 is 5.32 Å². The third-order valence-electron chi connectivity index (χ3n) is 3.39. The lowest BCUT2D eigenvalue weighted by Gasteiger charge is -2.11. The molecule has 21 heavy (non-hydrogen) atoms. The van der Waals surface area contributed by atoms with Crippen LogP contribution >= 0.6 is 11.8 Å². The van der Waals surface area contributed by atoms with Gasteiger partial charge in [0.2, 0.25) is 0 Å². The Balaban J connectivity index is 2.01. The summed E-state index contributed by atoms with van der Waals surface area (Å²) < 4.78 is 0. The Kier molecular flexibility index (Phi) is 3.81. The predicted octanol–water partition coefficient (Wildman–Crippen LogP) is 5.18. The minimum Gasteiger partial charge on any atom is -0.354 e. The molecule has 0 saturated carbocycles. The molecule has 3 rings (SSSR count). The standard InChI is InChI=1S/C18H14N2S/c1-21-18-8-4-7-17(16(18)12-19)20-15-10-9-13-5-2-3-6-14(13)11-15/h2-11,20H,1H3. The molecule has 3 aromatic rings. The Bertz CT molecular complexity index is 834. The van der Waals surface area contributed by atoms with Crippen LogP contribution in [0, 0.1) is 11.3 Å². The molecule has 3 aromatic carbocycles. The molecule has 0 aromatic heterocycles. The summed E-state index contributed by atoms with van der Waals surface area (Å²) in [4.78, 5) is 0.989. The van der Waals surface area contributed by atoms with Crippen molar-refractivity contribution in [1.29, 1.82) is 5.26 Å². The SMILES string of the molecule is CSc1cccc(Nc2ccc3ccccc3c2)c1C#N. The van der Waals surface area contributed by atoms with Gasteiger partial charge in [0, 0.05) is 10.6 Å². The van der Waals surface area contributed by atoms with E-state index in [9.17, 15) is 5.26 Å². The highest BCUT2D eigenvalue weighted by atomic mass is 32.2. The highest BCUT2D eigenvalue weighted by Gasteiger charge is 2.07. The molecule has 0 aliphatic rings. The minimum atomic E-state index is 0.693. The average molecular weight is 290 g/mol. The van der Waals surface area contributed by atoms with E-state index in [1.165, 1.54) is 10.8 Å². The molecule has 0 fully saturated rings. The van der Waals surface area contributed by atoms with Gasteiger partial charge in [-0.3, -0.25) is 0 Å². The zero-order valence-electron chi connectivity index (χ0n) is 11.6. The quantitative estimate of drug-likeness (QED) is 0.675. The maximum Gasteiger partial charge on any atom is 0.103 e. The van der Waals surface area contributed by atoms with Crippen molar-refractivity contribution < 1.29 is 0 Å². The number of fused-ring (bicyclic) bond motifs is 1. The van der Waals surface area contributed by atoms with Crippen LogP contribution in [0.15, 0.2) is 65.6 Å². The number of anilines is 2. The van der Waals surface area contributed by atoms with Crippen LogP contribution < -0.4 is 5.32 Å². The van der Waals surface area contributed by atoms with E-state index in [-0.39, 0.29) is 0 Å². The van der Waals surface area contributed by atoms with Crippen molar-refractivity contribution in [2.75, 3.05) is 11.6 Å². The first-order chi connectivity index (χ1) is 10.3. The lowest BCUT2D eigenvalue weighted by Crippen LogP contribution is -1.95. The van der Waals surface area contributed by atoms with Gasteiger partial charge in [-0.05, 0) is 41.3 Å². The van der Waals surface area contributed by atoms with Crippen molar-refractivity contribution in [1.82, 2.24) is 0 Å². The van der Waals surface area contributed by atoms with Crippen molar-refractivity contribution in [3.63, 3.8) is 0 Å². The smallest absolute Gasteiger partial charge is 0.103 e. The second-order valence-electron chi connectivity index (χ2n) is 4.68. The van der Waals surface area contributed by atoms with Gasteiger partial charge in [-0.25, -0.2) is 0 Å². The summed E-state index contributed by atoms with van der Waals surface area (Å²) >= 11 is 1.58. The Hall–Kier alpha value is -2.44. The van der Waals surface area contributed by atoms with E-state index >= 15 is 0 Å². The summed E-state index contributed by atoms with van der Waals surface area (Å²) in [6.07, 6.45) is 1.98. The summed E-state index contributed by atoms with van der Waals surface area (Å²) in [5.41, 5.74) is 2.53. The van der Waals surface area contributed by atoms with Crippen LogP contribution in [0.3, 0.4) is 0 Å². The van der Waals surface area contributed by atoms with Gasteiger partial charge in [0.1, 0.15) is 6.07 Å². The highest BCUT2D eigenvalue weighted by Crippen LogP contribution is 2.29. The van der Waals surface area contributed by atoms with Gasteiger partial charge >= 0.3 is 0 Å². The summed E-state index contributed by atoms with van der Waals surface area (Å²) in [6, 6.07) is 22.6. The molecule has 0 aliphatic heterocycles. The van der Waals surface area contributed by atoms with Crippen LogP contribution in [0.2, 0.25) is 0 Å². The highest BCUT2D eigenvalue weighted by molar-refractivity contribution is 7.98. The first-order valence-corrected chi connectivity index (χ1v) is 7.87. The van der Waals surface area contributed by atoms with Crippen molar-refractivity contribution >= 4 is 33.9 Å². The molecule has 0 aliphatic carbocycles.